The fourth-order valence-corrected chi connectivity index (χ4v) is 14.4. The van der Waals surface area contributed by atoms with Crippen molar-refractivity contribution in [2.75, 3.05) is 64.8 Å². The zero-order valence-electron chi connectivity index (χ0n) is 41.1. The molecule has 0 bridgehead atoms. The molecule has 41 heteroatoms. The smallest absolute Gasteiger partial charge is 0.479 e. The van der Waals surface area contributed by atoms with E-state index in [4.69, 9.17) is 48.5 Å². The van der Waals surface area contributed by atoms with E-state index in [9.17, 15) is 72.3 Å². The second-order valence-corrected chi connectivity index (χ2v) is 25.0. The maximum atomic E-state index is 13.5. The average Bonchev–Trinajstić information content (AvgIpc) is 4.32. The average molecular weight is 1190 g/mol. The number of methoxy groups -OCH3 is 1. The topological polar surface area (TPSA) is 521 Å². The van der Waals surface area contributed by atoms with Gasteiger partial charge in [0.2, 0.25) is 17.7 Å². The Morgan fingerprint density at radius 2 is 1.54 bits per heavy atom. The van der Waals surface area contributed by atoms with E-state index in [0.717, 1.165) is 30.3 Å². The summed E-state index contributed by atoms with van der Waals surface area (Å²) in [5.41, 5.74) is 9.33. The number of H-pyrrole nitrogens is 2. The second kappa shape index (κ2) is 22.8. The third-order valence-electron chi connectivity index (χ3n) is 12.6. The Balaban J connectivity index is 0.925. The first kappa shape index (κ1) is 59.1. The molecule has 430 valence electrons. The van der Waals surface area contributed by atoms with Gasteiger partial charge >= 0.3 is 34.4 Å². The predicted molar refractivity (Wildman–Crippen MR) is 255 cm³/mol. The number of amides is 1. The van der Waals surface area contributed by atoms with E-state index in [1.165, 1.54) is 52.4 Å². The summed E-state index contributed by atoms with van der Waals surface area (Å²) in [4.78, 5) is 117. The lowest BCUT2D eigenvalue weighted by Gasteiger charge is -2.31. The normalized spacial score (nSPS) is 29.6. The number of fused-ring (bicyclic) bond motifs is 2. The zero-order chi connectivity index (χ0) is 57.0. The number of aliphatic hydroxyl groups is 3. The van der Waals surface area contributed by atoms with Crippen molar-refractivity contribution in [3.8, 4) is 0 Å². The summed E-state index contributed by atoms with van der Waals surface area (Å²) in [5.74, 6) is -2.05. The number of aryl methyl sites for hydroxylation is 1. The van der Waals surface area contributed by atoms with Crippen LogP contribution in [0, 0.1) is 5.92 Å². The van der Waals surface area contributed by atoms with Gasteiger partial charge in [-0.2, -0.15) is 0 Å². The van der Waals surface area contributed by atoms with E-state index in [-0.39, 0.29) is 34.1 Å². The highest BCUT2D eigenvalue weighted by Gasteiger charge is 2.52. The third-order valence-corrected chi connectivity index (χ3v) is 18.3. The molecule has 5 aromatic heterocycles. The lowest BCUT2D eigenvalue weighted by atomic mass is 9.94. The fourth-order valence-electron chi connectivity index (χ4n) is 8.75. The number of imidazole rings is 2. The minimum atomic E-state index is -5.64. The van der Waals surface area contributed by atoms with Gasteiger partial charge in [0.05, 0.1) is 51.6 Å². The molecule has 8 rings (SSSR count). The number of phosphoric acid groups is 2. The van der Waals surface area contributed by atoms with Crippen LogP contribution in [0.5, 0.6) is 0 Å². The number of rotatable bonds is 22. The number of aliphatic hydroxyl groups excluding tert-OH is 3. The lowest BCUT2D eigenvalue weighted by molar-refractivity contribution is -0.745. The van der Waals surface area contributed by atoms with Crippen molar-refractivity contribution in [1.82, 2.24) is 48.5 Å². The first-order chi connectivity index (χ1) is 36.5. The number of anilines is 2. The van der Waals surface area contributed by atoms with Gasteiger partial charge in [0.1, 0.15) is 54.6 Å². The van der Waals surface area contributed by atoms with E-state index in [2.05, 4.69) is 29.2 Å². The standard InChI is InChI=1S/C37H53N13O24P4/c1-46(2)21(52)9-16-17(70-33(24(16)53)50-15-47(3)23-31(50)44-36(39)45-32(23)56)10-69-78(64,65)74-76(60,61)8-7-75(58,59)67-12-19-27(28(66-4)35(72-19)49-14-42-22-29(38)40-13-41-30(22)49)73-77(62,63)68-11-18-25(54)26(55)34(71-18)48-6-5-20(51)43-37(48)57/h5-6,13-19,24-28,33-35,53-55H,7-12H2,1-4H3,(H9-,38,39,40,41,43,44,45,51,56,57,58,59,60,61,62,63,64,65)/t16-,17-,18-,19?,24-,25-,26-,27-,28-,33-,34-,35-/m1/s1. The Kier molecular flexibility index (Phi) is 17.3. The van der Waals surface area contributed by atoms with Crippen molar-refractivity contribution in [2.24, 2.45) is 13.0 Å². The lowest BCUT2D eigenvalue weighted by Crippen LogP contribution is -2.45. The van der Waals surface area contributed by atoms with Crippen LogP contribution in [0.4, 0.5) is 11.8 Å². The number of aromatic nitrogens is 10. The number of carbonyl (C=O) groups is 1. The molecule has 0 aliphatic carbocycles. The van der Waals surface area contributed by atoms with Crippen LogP contribution in [0.3, 0.4) is 0 Å². The highest BCUT2D eigenvalue weighted by Crippen LogP contribution is 2.62. The van der Waals surface area contributed by atoms with Crippen LogP contribution >= 0.6 is 30.8 Å². The minimum Gasteiger partial charge on any atom is -0.756 e. The molecule has 16 atom stereocenters. The fraction of sp³-hybridized carbons (Fsp3) is 0.595. The van der Waals surface area contributed by atoms with Crippen molar-refractivity contribution in [3.63, 3.8) is 0 Å². The molecule has 5 unspecified atom stereocenters. The van der Waals surface area contributed by atoms with Gasteiger partial charge in [0, 0.05) is 45.8 Å². The number of ether oxygens (including phenoxy) is 4. The minimum absolute atomic E-state index is 0.0164. The molecule has 12 N–H and O–H groups in total. The Bertz CT molecular complexity index is 3430. The molecule has 0 radical (unpaired) electrons. The number of nitrogen functional groups attached to an aromatic ring is 2. The summed E-state index contributed by atoms with van der Waals surface area (Å²) in [6.07, 6.45) is -16.3. The number of aromatic amines is 2. The zero-order valence-corrected chi connectivity index (χ0v) is 44.6. The van der Waals surface area contributed by atoms with E-state index < -0.39 is 166 Å². The van der Waals surface area contributed by atoms with Gasteiger partial charge in [-0.05, 0) is 0 Å². The van der Waals surface area contributed by atoms with Gasteiger partial charge in [-0.1, -0.05) is 4.98 Å². The molecule has 37 nitrogen and oxygen atoms in total. The van der Waals surface area contributed by atoms with E-state index in [1.54, 1.807) is 0 Å². The van der Waals surface area contributed by atoms with Crippen LogP contribution < -0.4 is 37.7 Å². The van der Waals surface area contributed by atoms with Crippen LogP contribution in [0.25, 0.3) is 22.3 Å². The summed E-state index contributed by atoms with van der Waals surface area (Å²) in [6.45, 7) is -3.04. The summed E-state index contributed by atoms with van der Waals surface area (Å²) >= 11 is 0. The number of hydrogen-bond donors (Lipinski definition) is 10. The first-order valence-corrected chi connectivity index (χ1v) is 29.3. The number of phosphoric ester groups is 2. The quantitative estimate of drug-likeness (QED) is 0.0230. The molecule has 3 aliphatic rings. The highest BCUT2D eigenvalue weighted by molar-refractivity contribution is 7.64. The SMILES string of the molecule is CO[C@@H]1[C@H](OP(=O)([O-])OC[C@H]2O[C@@H](n3ccc(=O)[nH]c3=O)[C@H](O)[C@@H]2O)C(COP(=O)(O)CCP(=O)(O)OP(=O)(O)OC[C@H]2O[C@@H]([n+]3cn(C)c4c(=O)[nH]c(N)nc43)[C@H](O)[C@@H]2CC(=O)N(C)C)O[C@H]1n1cnc2c(N)ncnc21. The predicted octanol–water partition coefficient (Wildman–Crippen LogP) is -4.62. The van der Waals surface area contributed by atoms with Crippen LogP contribution in [-0.2, 0) is 71.5 Å². The van der Waals surface area contributed by atoms with Gasteiger partial charge in [-0.25, -0.2) is 33.2 Å². The van der Waals surface area contributed by atoms with Gasteiger partial charge in [-0.15, -0.1) is 0 Å². The summed E-state index contributed by atoms with van der Waals surface area (Å²) < 4.78 is 106. The van der Waals surface area contributed by atoms with Gasteiger partial charge in [-0.3, -0.25) is 56.3 Å². The van der Waals surface area contributed by atoms with Crippen molar-refractivity contribution in [2.45, 2.75) is 73.9 Å². The molecular weight excluding hydrogens is 1130 g/mol. The molecule has 3 aliphatic heterocycles. The second-order valence-electron chi connectivity index (χ2n) is 18.1. The number of nitrogens with zero attached hydrogens (tertiary/aromatic N) is 9. The summed E-state index contributed by atoms with van der Waals surface area (Å²) in [5, 5.41) is 32.7. The molecule has 3 fully saturated rings. The molecule has 0 spiro atoms. The molecule has 8 heterocycles. The monoisotopic (exact) mass is 1190 g/mol. The van der Waals surface area contributed by atoms with Gasteiger partial charge in [0.15, 0.2) is 30.2 Å². The Labute approximate surface area is 436 Å². The number of carbonyl (C=O) groups excluding carboxylic acids is 1. The van der Waals surface area contributed by atoms with Crippen molar-refractivity contribution >= 4 is 70.8 Å². The third kappa shape index (κ3) is 12.8. The number of hydrogen-bond acceptors (Lipinski definition) is 27. The van der Waals surface area contributed by atoms with Crippen LogP contribution in [-0.4, -0.2) is 187 Å². The van der Waals surface area contributed by atoms with Crippen LogP contribution in [0.1, 0.15) is 25.1 Å². The van der Waals surface area contributed by atoms with E-state index >= 15 is 0 Å². The van der Waals surface area contributed by atoms with Gasteiger partial charge < -0.3 is 83.8 Å². The van der Waals surface area contributed by atoms with E-state index in [1.807, 2.05) is 4.98 Å². The van der Waals surface area contributed by atoms with Crippen molar-refractivity contribution < 1.29 is 104 Å². The molecule has 0 saturated carbocycles. The van der Waals surface area contributed by atoms with Crippen molar-refractivity contribution in [3.05, 3.63) is 62.4 Å². The van der Waals surface area contributed by atoms with E-state index in [0.29, 0.717) is 0 Å². The number of nitrogens with one attached hydrogen (secondary N) is 2. The Morgan fingerprint density at radius 3 is 2.23 bits per heavy atom. The van der Waals surface area contributed by atoms with Crippen LogP contribution in [0.2, 0.25) is 0 Å². The molecule has 3 saturated heterocycles. The Morgan fingerprint density at radius 1 is 0.859 bits per heavy atom. The molecular formula is C37H53N13O24P4. The first-order valence-electron chi connectivity index (χ1n) is 22.8. The molecule has 5 aromatic rings. The van der Waals surface area contributed by atoms with Crippen molar-refractivity contribution in [1.29, 1.82) is 0 Å². The largest absolute Gasteiger partial charge is 0.756 e. The molecule has 78 heavy (non-hydrogen) atoms. The van der Waals surface area contributed by atoms with Crippen LogP contribution in [0.15, 0.2) is 45.6 Å². The highest BCUT2D eigenvalue weighted by atomic mass is 31.3. The number of nitrogens with two attached hydrogens (primary N) is 2. The maximum Gasteiger partial charge on any atom is 0.479 e. The molecule has 0 aromatic carbocycles. The Hall–Kier alpha value is -5.07. The molecule has 1 amide bonds. The summed E-state index contributed by atoms with van der Waals surface area (Å²) in [6, 6.07) is 0.927. The van der Waals surface area contributed by atoms with Gasteiger partial charge in [0.25, 0.3) is 24.9 Å². The maximum absolute atomic E-state index is 13.5. The summed E-state index contributed by atoms with van der Waals surface area (Å²) in [7, 11) is -16.3.